The number of piperidine rings is 1. The minimum absolute atomic E-state index is 0.0195. The Bertz CT molecular complexity index is 784. The molecule has 0 bridgehead atoms. The number of alkyl halides is 3. The molecule has 1 saturated heterocycles. The van der Waals surface area contributed by atoms with Crippen molar-refractivity contribution in [2.24, 2.45) is 5.92 Å². The second-order valence-electron chi connectivity index (χ2n) is 6.72. The molecule has 0 atom stereocenters. The van der Waals surface area contributed by atoms with Crippen LogP contribution in [0, 0.1) is 12.8 Å². The van der Waals surface area contributed by atoms with E-state index in [4.69, 9.17) is 0 Å². The Balaban J connectivity index is 1.52. The van der Waals surface area contributed by atoms with Crippen LogP contribution in [0.15, 0.2) is 36.7 Å². The molecule has 1 aromatic carbocycles. The molecule has 0 aliphatic carbocycles. The van der Waals surface area contributed by atoms with Gasteiger partial charge in [0.2, 0.25) is 5.91 Å². The Kier molecular flexibility index (Phi) is 5.62. The Morgan fingerprint density at radius 1 is 1.19 bits per heavy atom. The molecular formula is C19H21F3N4O. The smallest absolute Gasteiger partial charge is 0.356 e. The number of aromatic nitrogens is 2. The Labute approximate surface area is 155 Å². The second kappa shape index (κ2) is 7.94. The fourth-order valence-corrected chi connectivity index (χ4v) is 3.09. The summed E-state index contributed by atoms with van der Waals surface area (Å²) in [6.07, 6.45) is -2.42. The van der Waals surface area contributed by atoms with Crippen molar-refractivity contribution in [1.82, 2.24) is 15.3 Å². The van der Waals surface area contributed by atoms with Crippen molar-refractivity contribution < 1.29 is 18.0 Å². The van der Waals surface area contributed by atoms with E-state index in [-0.39, 0.29) is 17.6 Å². The molecule has 5 nitrogen and oxygen atoms in total. The molecule has 1 aromatic heterocycles. The molecule has 2 heterocycles. The normalized spacial score (nSPS) is 15.6. The number of amides is 1. The molecule has 1 amide bonds. The lowest BCUT2D eigenvalue weighted by molar-refractivity contribution is -0.141. The first kappa shape index (κ1) is 19.1. The zero-order chi connectivity index (χ0) is 19.4. The molecule has 1 fully saturated rings. The van der Waals surface area contributed by atoms with Gasteiger partial charge in [0.1, 0.15) is 17.8 Å². The maximum absolute atomic E-state index is 12.8. The summed E-state index contributed by atoms with van der Waals surface area (Å²) >= 11 is 0. The fourth-order valence-electron chi connectivity index (χ4n) is 3.09. The minimum Gasteiger partial charge on any atom is -0.356 e. The molecular weight excluding hydrogens is 357 g/mol. The Morgan fingerprint density at radius 2 is 1.85 bits per heavy atom. The van der Waals surface area contributed by atoms with Crippen LogP contribution in [0.3, 0.4) is 0 Å². The highest BCUT2D eigenvalue weighted by molar-refractivity contribution is 5.79. The third-order valence-corrected chi connectivity index (χ3v) is 4.72. The summed E-state index contributed by atoms with van der Waals surface area (Å²) in [5, 5.41) is 2.94. The van der Waals surface area contributed by atoms with Crippen molar-refractivity contribution in [3.63, 3.8) is 0 Å². The Hall–Kier alpha value is -2.64. The highest BCUT2D eigenvalue weighted by atomic mass is 19.4. The van der Waals surface area contributed by atoms with Crippen LogP contribution in [0.25, 0.3) is 0 Å². The van der Waals surface area contributed by atoms with E-state index in [0.29, 0.717) is 32.5 Å². The molecule has 0 saturated carbocycles. The summed E-state index contributed by atoms with van der Waals surface area (Å²) in [6.45, 7) is 3.44. The SMILES string of the molecule is Cc1ccc(CNC(=O)C2CCN(c3cc(C(F)(F)F)ncn3)CC2)cc1. The summed E-state index contributed by atoms with van der Waals surface area (Å²) in [5.41, 5.74) is 1.24. The highest BCUT2D eigenvalue weighted by Gasteiger charge is 2.34. The maximum atomic E-state index is 12.8. The average Bonchev–Trinajstić information content (AvgIpc) is 2.67. The maximum Gasteiger partial charge on any atom is 0.433 e. The molecule has 8 heteroatoms. The fraction of sp³-hybridized carbons (Fsp3) is 0.421. The minimum atomic E-state index is -4.49. The first-order chi connectivity index (χ1) is 12.8. The summed E-state index contributed by atoms with van der Waals surface area (Å²) < 4.78 is 38.4. The lowest BCUT2D eigenvalue weighted by atomic mass is 9.95. The van der Waals surface area contributed by atoms with Crippen LogP contribution >= 0.6 is 0 Å². The van der Waals surface area contributed by atoms with Gasteiger partial charge in [0.15, 0.2) is 0 Å². The number of carbonyl (C=O) groups excluding carboxylic acids is 1. The molecule has 0 radical (unpaired) electrons. The van der Waals surface area contributed by atoms with Gasteiger partial charge in [0.05, 0.1) is 0 Å². The van der Waals surface area contributed by atoms with E-state index in [1.807, 2.05) is 31.2 Å². The van der Waals surface area contributed by atoms with Crippen LogP contribution in [0.5, 0.6) is 0 Å². The second-order valence-corrected chi connectivity index (χ2v) is 6.72. The number of rotatable bonds is 4. The van der Waals surface area contributed by atoms with E-state index in [9.17, 15) is 18.0 Å². The predicted molar refractivity (Wildman–Crippen MR) is 95.0 cm³/mol. The molecule has 1 N–H and O–H groups in total. The number of halogens is 3. The number of carbonyl (C=O) groups is 1. The number of hydrogen-bond acceptors (Lipinski definition) is 4. The van der Waals surface area contributed by atoms with E-state index in [0.717, 1.165) is 23.5 Å². The number of nitrogens with one attached hydrogen (secondary N) is 1. The van der Waals surface area contributed by atoms with Gasteiger partial charge in [-0.25, -0.2) is 9.97 Å². The van der Waals surface area contributed by atoms with Gasteiger partial charge in [0, 0.05) is 31.6 Å². The molecule has 0 unspecified atom stereocenters. The monoisotopic (exact) mass is 378 g/mol. The first-order valence-electron chi connectivity index (χ1n) is 8.80. The van der Waals surface area contributed by atoms with Gasteiger partial charge in [-0.05, 0) is 25.3 Å². The van der Waals surface area contributed by atoms with Crippen molar-refractivity contribution in [3.8, 4) is 0 Å². The van der Waals surface area contributed by atoms with Gasteiger partial charge >= 0.3 is 6.18 Å². The summed E-state index contributed by atoms with van der Waals surface area (Å²) in [5.74, 6) is 0.0837. The lowest BCUT2D eigenvalue weighted by Crippen LogP contribution is -2.40. The average molecular weight is 378 g/mol. The van der Waals surface area contributed by atoms with Crippen LogP contribution in [0.2, 0.25) is 0 Å². The topological polar surface area (TPSA) is 58.1 Å². The third-order valence-electron chi connectivity index (χ3n) is 4.72. The zero-order valence-electron chi connectivity index (χ0n) is 15.0. The lowest BCUT2D eigenvalue weighted by Gasteiger charge is -2.32. The third kappa shape index (κ3) is 4.96. The van der Waals surface area contributed by atoms with Crippen molar-refractivity contribution >= 4 is 11.7 Å². The van der Waals surface area contributed by atoms with Crippen LogP contribution in [0.4, 0.5) is 19.0 Å². The van der Waals surface area contributed by atoms with E-state index >= 15 is 0 Å². The van der Waals surface area contributed by atoms with E-state index in [2.05, 4.69) is 15.3 Å². The highest BCUT2D eigenvalue weighted by Crippen LogP contribution is 2.30. The molecule has 1 aliphatic heterocycles. The molecule has 144 valence electrons. The van der Waals surface area contributed by atoms with E-state index in [1.54, 1.807) is 4.90 Å². The number of hydrogen-bond donors (Lipinski definition) is 1. The van der Waals surface area contributed by atoms with Crippen LogP contribution in [0.1, 0.15) is 29.7 Å². The molecule has 0 spiro atoms. The molecule has 2 aromatic rings. The first-order valence-corrected chi connectivity index (χ1v) is 8.80. The van der Waals surface area contributed by atoms with Crippen LogP contribution in [-0.4, -0.2) is 29.0 Å². The number of anilines is 1. The summed E-state index contributed by atoms with van der Waals surface area (Å²) in [6, 6.07) is 8.91. The quantitative estimate of drug-likeness (QED) is 0.887. The van der Waals surface area contributed by atoms with Gasteiger partial charge < -0.3 is 10.2 Å². The largest absolute Gasteiger partial charge is 0.433 e. The Morgan fingerprint density at radius 3 is 2.48 bits per heavy atom. The van der Waals surface area contributed by atoms with Crippen LogP contribution < -0.4 is 10.2 Å². The van der Waals surface area contributed by atoms with Gasteiger partial charge in [-0.1, -0.05) is 29.8 Å². The molecule has 1 aliphatic rings. The molecule has 27 heavy (non-hydrogen) atoms. The summed E-state index contributed by atoms with van der Waals surface area (Å²) in [4.78, 5) is 21.4. The van der Waals surface area contributed by atoms with Gasteiger partial charge in [-0.15, -0.1) is 0 Å². The van der Waals surface area contributed by atoms with Gasteiger partial charge in [0.25, 0.3) is 0 Å². The van der Waals surface area contributed by atoms with Gasteiger partial charge in [-0.2, -0.15) is 13.2 Å². The summed E-state index contributed by atoms with van der Waals surface area (Å²) in [7, 11) is 0. The van der Waals surface area contributed by atoms with Crippen molar-refractivity contribution in [2.75, 3.05) is 18.0 Å². The standard InChI is InChI=1S/C19H21F3N4O/c1-13-2-4-14(5-3-13)11-23-18(27)15-6-8-26(9-7-15)17-10-16(19(20,21)22)24-12-25-17/h2-5,10,12,15H,6-9,11H2,1H3,(H,23,27). The van der Waals surface area contributed by atoms with E-state index in [1.165, 1.54) is 0 Å². The number of nitrogens with zero attached hydrogens (tertiary/aromatic N) is 3. The molecule has 3 rings (SSSR count). The number of benzene rings is 1. The van der Waals surface area contributed by atoms with Crippen LogP contribution in [-0.2, 0) is 17.5 Å². The van der Waals surface area contributed by atoms with Gasteiger partial charge in [-0.3, -0.25) is 4.79 Å². The van der Waals surface area contributed by atoms with Crippen molar-refractivity contribution in [3.05, 3.63) is 53.5 Å². The predicted octanol–water partition coefficient (Wildman–Crippen LogP) is 3.34. The van der Waals surface area contributed by atoms with E-state index < -0.39 is 11.9 Å². The van der Waals surface area contributed by atoms with Crippen molar-refractivity contribution in [1.29, 1.82) is 0 Å². The zero-order valence-corrected chi connectivity index (χ0v) is 15.0. The van der Waals surface area contributed by atoms with Crippen molar-refractivity contribution in [2.45, 2.75) is 32.5 Å². The number of aryl methyl sites for hydroxylation is 1.